The third-order valence-corrected chi connectivity index (χ3v) is 1.64. The summed E-state index contributed by atoms with van der Waals surface area (Å²) in [5.41, 5.74) is 2.27. The molecule has 1 aromatic heterocycles. The molecule has 1 nitrogen and oxygen atoms in total. The molecule has 0 spiro atoms. The molecule has 0 saturated carbocycles. The second-order valence-electron chi connectivity index (χ2n) is 2.84. The number of rotatable bonds is 2. The molecule has 1 heteroatoms. The third kappa shape index (κ3) is 1.67. The van der Waals surface area contributed by atoms with Gasteiger partial charge in [-0.25, -0.2) is 0 Å². The molecule has 58 valence electrons. The van der Waals surface area contributed by atoms with Crippen molar-refractivity contribution in [1.29, 1.82) is 0 Å². The predicted octanol–water partition coefficient (Wildman–Crippen LogP) is 2.85. The summed E-state index contributed by atoms with van der Waals surface area (Å²) in [6.45, 7) is 8.00. The van der Waals surface area contributed by atoms with Gasteiger partial charge in [-0.3, -0.25) is 4.98 Å². The summed E-state index contributed by atoms with van der Waals surface area (Å²) in [5, 5.41) is 0. The normalized spacial score (nSPS) is 10.1. The maximum atomic E-state index is 4.28. The molecule has 0 bridgehead atoms. The topological polar surface area (TPSA) is 12.9 Å². The van der Waals surface area contributed by atoms with Crippen LogP contribution in [0, 0.1) is 0 Å². The standard InChI is InChI=1S/C10H13N/c1-4-9-6-5-7-11-10(9)8(2)3/h4-8H,1H2,2-3H3. The zero-order chi connectivity index (χ0) is 8.27. The first-order valence-corrected chi connectivity index (χ1v) is 3.83. The Kier molecular flexibility index (Phi) is 2.42. The van der Waals surface area contributed by atoms with Crippen LogP contribution in [0.1, 0.15) is 31.0 Å². The van der Waals surface area contributed by atoms with Gasteiger partial charge in [0.1, 0.15) is 0 Å². The van der Waals surface area contributed by atoms with E-state index >= 15 is 0 Å². The molecule has 0 radical (unpaired) electrons. The summed E-state index contributed by atoms with van der Waals surface area (Å²) >= 11 is 0. The molecule has 0 aromatic carbocycles. The van der Waals surface area contributed by atoms with Gasteiger partial charge in [0.05, 0.1) is 5.69 Å². The minimum Gasteiger partial charge on any atom is -0.260 e. The number of hydrogen-bond acceptors (Lipinski definition) is 1. The highest BCUT2D eigenvalue weighted by atomic mass is 14.7. The maximum absolute atomic E-state index is 4.28. The number of pyridine rings is 1. The Morgan fingerprint density at radius 1 is 1.55 bits per heavy atom. The lowest BCUT2D eigenvalue weighted by molar-refractivity contribution is 0.820. The van der Waals surface area contributed by atoms with Gasteiger partial charge in [-0.05, 0) is 17.5 Å². The lowest BCUT2D eigenvalue weighted by Gasteiger charge is -2.06. The molecule has 11 heavy (non-hydrogen) atoms. The fourth-order valence-corrected chi connectivity index (χ4v) is 1.08. The number of nitrogens with zero attached hydrogens (tertiary/aromatic N) is 1. The van der Waals surface area contributed by atoms with Gasteiger partial charge in [0.2, 0.25) is 0 Å². The summed E-state index contributed by atoms with van der Waals surface area (Å²) in [6.07, 6.45) is 3.67. The Labute approximate surface area is 67.8 Å². The second kappa shape index (κ2) is 3.33. The molecular weight excluding hydrogens is 134 g/mol. The van der Waals surface area contributed by atoms with Gasteiger partial charge in [-0.15, -0.1) is 0 Å². The summed E-state index contributed by atoms with van der Waals surface area (Å²) < 4.78 is 0. The number of hydrogen-bond donors (Lipinski definition) is 0. The molecule has 0 amide bonds. The van der Waals surface area contributed by atoms with Crippen LogP contribution >= 0.6 is 0 Å². The molecule has 0 atom stereocenters. The molecule has 1 aromatic rings. The first kappa shape index (κ1) is 7.99. The minimum atomic E-state index is 0.476. The van der Waals surface area contributed by atoms with Gasteiger partial charge in [0.25, 0.3) is 0 Å². The van der Waals surface area contributed by atoms with E-state index in [9.17, 15) is 0 Å². The van der Waals surface area contributed by atoms with Crippen LogP contribution in [0.5, 0.6) is 0 Å². The van der Waals surface area contributed by atoms with E-state index in [4.69, 9.17) is 0 Å². The molecule has 0 aliphatic carbocycles. The van der Waals surface area contributed by atoms with Crippen LogP contribution in [0.3, 0.4) is 0 Å². The van der Waals surface area contributed by atoms with Crippen LogP contribution in [-0.4, -0.2) is 4.98 Å². The van der Waals surface area contributed by atoms with E-state index in [1.807, 2.05) is 24.4 Å². The van der Waals surface area contributed by atoms with Gasteiger partial charge < -0.3 is 0 Å². The van der Waals surface area contributed by atoms with Crippen LogP contribution in [-0.2, 0) is 0 Å². The highest BCUT2D eigenvalue weighted by Crippen LogP contribution is 2.16. The maximum Gasteiger partial charge on any atom is 0.0500 e. The first-order chi connectivity index (χ1) is 5.25. The summed E-state index contributed by atoms with van der Waals surface area (Å²) in [7, 11) is 0. The van der Waals surface area contributed by atoms with Crippen LogP contribution in [0.2, 0.25) is 0 Å². The van der Waals surface area contributed by atoms with E-state index < -0.39 is 0 Å². The van der Waals surface area contributed by atoms with Crippen molar-refractivity contribution < 1.29 is 0 Å². The zero-order valence-electron chi connectivity index (χ0n) is 7.04. The highest BCUT2D eigenvalue weighted by molar-refractivity contribution is 5.49. The van der Waals surface area contributed by atoms with Gasteiger partial charge in [0.15, 0.2) is 0 Å². The van der Waals surface area contributed by atoms with E-state index in [0.717, 1.165) is 11.3 Å². The summed E-state index contributed by atoms with van der Waals surface area (Å²) in [5.74, 6) is 0.476. The molecule has 1 heterocycles. The summed E-state index contributed by atoms with van der Waals surface area (Å²) in [6, 6.07) is 3.97. The Hall–Kier alpha value is -1.11. The average molecular weight is 147 g/mol. The van der Waals surface area contributed by atoms with Crippen molar-refractivity contribution in [2.75, 3.05) is 0 Å². The lowest BCUT2D eigenvalue weighted by atomic mass is 10.0. The zero-order valence-corrected chi connectivity index (χ0v) is 7.04. The van der Waals surface area contributed by atoms with Gasteiger partial charge in [-0.2, -0.15) is 0 Å². The Balaban J connectivity index is 3.12. The molecule has 0 aliphatic heterocycles. The van der Waals surface area contributed by atoms with Crippen molar-refractivity contribution in [3.63, 3.8) is 0 Å². The Morgan fingerprint density at radius 3 is 2.73 bits per heavy atom. The van der Waals surface area contributed by atoms with Crippen molar-refractivity contribution >= 4 is 6.08 Å². The van der Waals surface area contributed by atoms with Crippen LogP contribution in [0.25, 0.3) is 6.08 Å². The average Bonchev–Trinajstić information content (AvgIpc) is 2.04. The molecule has 0 aliphatic rings. The van der Waals surface area contributed by atoms with Crippen molar-refractivity contribution in [3.8, 4) is 0 Å². The molecule has 0 fully saturated rings. The van der Waals surface area contributed by atoms with Crippen molar-refractivity contribution in [1.82, 2.24) is 4.98 Å². The van der Waals surface area contributed by atoms with Gasteiger partial charge >= 0.3 is 0 Å². The monoisotopic (exact) mass is 147 g/mol. The van der Waals surface area contributed by atoms with Crippen LogP contribution in [0.4, 0.5) is 0 Å². The quantitative estimate of drug-likeness (QED) is 0.626. The fourth-order valence-electron chi connectivity index (χ4n) is 1.08. The van der Waals surface area contributed by atoms with E-state index in [0.29, 0.717) is 5.92 Å². The van der Waals surface area contributed by atoms with Crippen molar-refractivity contribution in [3.05, 3.63) is 36.2 Å². The smallest absolute Gasteiger partial charge is 0.0500 e. The van der Waals surface area contributed by atoms with E-state index in [-0.39, 0.29) is 0 Å². The second-order valence-corrected chi connectivity index (χ2v) is 2.84. The third-order valence-electron chi connectivity index (χ3n) is 1.64. The fraction of sp³-hybridized carbons (Fsp3) is 0.300. The molecular formula is C10H13N. The van der Waals surface area contributed by atoms with Crippen LogP contribution in [0.15, 0.2) is 24.9 Å². The Morgan fingerprint density at radius 2 is 2.27 bits per heavy atom. The van der Waals surface area contributed by atoms with Crippen molar-refractivity contribution in [2.45, 2.75) is 19.8 Å². The largest absolute Gasteiger partial charge is 0.260 e. The summed E-state index contributed by atoms with van der Waals surface area (Å²) in [4.78, 5) is 4.28. The highest BCUT2D eigenvalue weighted by Gasteiger charge is 2.02. The lowest BCUT2D eigenvalue weighted by Crippen LogP contribution is -1.94. The van der Waals surface area contributed by atoms with Gasteiger partial charge in [-0.1, -0.05) is 32.6 Å². The molecule has 1 rings (SSSR count). The van der Waals surface area contributed by atoms with Gasteiger partial charge in [0, 0.05) is 6.20 Å². The van der Waals surface area contributed by atoms with E-state index in [1.165, 1.54) is 0 Å². The van der Waals surface area contributed by atoms with E-state index in [1.54, 1.807) is 0 Å². The molecule has 0 unspecified atom stereocenters. The van der Waals surface area contributed by atoms with Crippen LogP contribution < -0.4 is 0 Å². The minimum absolute atomic E-state index is 0.476. The van der Waals surface area contributed by atoms with Crippen molar-refractivity contribution in [2.24, 2.45) is 0 Å². The predicted molar refractivity (Wildman–Crippen MR) is 48.4 cm³/mol. The Bertz CT molecular complexity index is 251. The SMILES string of the molecule is C=Cc1cccnc1C(C)C. The molecule has 0 N–H and O–H groups in total. The number of aromatic nitrogens is 1. The first-order valence-electron chi connectivity index (χ1n) is 3.83. The van der Waals surface area contributed by atoms with E-state index in [2.05, 4.69) is 25.4 Å². The molecule has 0 saturated heterocycles.